The van der Waals surface area contributed by atoms with Crippen molar-refractivity contribution < 1.29 is 582 Å². The van der Waals surface area contributed by atoms with Crippen molar-refractivity contribution in [3.63, 3.8) is 0 Å². The maximum atomic E-state index is 11.8. The van der Waals surface area contributed by atoms with Crippen LogP contribution in [-0.2, 0) is 36.9 Å². The van der Waals surface area contributed by atoms with E-state index in [0.717, 1.165) is 54.9 Å². The smallest absolute Gasteiger partial charge is 1.00 e. The minimum Gasteiger partial charge on any atom is -1.00 e. The predicted octanol–water partition coefficient (Wildman–Crippen LogP) is 96.4. The second-order valence-corrected chi connectivity index (χ2v) is 15.7. The number of nitrogens with zero attached hydrogens (tertiary/aromatic N) is 2. The van der Waals surface area contributed by atoms with Gasteiger partial charge in [-0.25, -0.2) is 0 Å². The first-order chi connectivity index (χ1) is 32.4. The molecule has 0 aromatic heterocycles. The first-order valence-electron chi connectivity index (χ1n) is 22.4. The average Bonchev–Trinajstić information content (AvgIpc) is 3.36. The standard InChI is InChI=1S/C11H11BrO2.C11H13NO.C11H14O3.C11H12O2.C8H10O.C3H3N.B.Na.356H2.H/c1-2-7-3-4-10-8(5-7)11(13)9(12)6-14-10;1-2-10-4-6-11(7-5-10)13-9-3-8-12;1-2-9-3-5-10(6-4-9)14-8-7-11(12)13;1-2-8-3-4-11-9(7-8)10(12)5-6-13-11;1-2-7-3-5-8(9)6-4-7;1-2-3-4;;;;;;;;;;;;;;;;;;;;;;;;;;;;;;;;;;;;;;;;;;;;;;;;;;;;;;;;;;;;;;;;;;;;;;;;;;;;;;;;;;;;;;;;;;;;;;;;;;;;;;;;;;;;;;;;;;;;;;;;;;;;;;;;;;;;;;;;;;;;;;;;;;;;;;;;;;;;;;;;;;;;;;;;;;;;;;;;;;;;;;;;;;;;;;;;;;;;;;;;;;;;;;;;;;;;;;;;;;;;;;;;;;;;;;;;;;;;;;;;;;;;;;;;;;;;;;;;;;;;;;;;;;;;;;;;;;;;;;;;;;;;;;;;;;;;;;;;;;;;;;;;;;;;;;;;;;;;;;;;;;;;;;;;;;;;;;;;;;;;;;;;;;;;;;;;;;;;;;;/h3-5,9H,2,6H2,1H3;4-7H,2-3,9H2,1H3;3-6H,2,7-8H2,1H3,(H,12,13);3-4,7H,2,5-6H2,1H3;3-6,9H,2H2,1H3;2H,1H2;;;356*1H;/q;;;;;;;+1;;;;;;;;;;;;;;;;;;;;;;;;;;;;;;;;;;;;;;;;;;;;;;;;;;;;;;;;;;;;;;;;;;;;;;;;;;;;;;;;;;;;;;;;;;;;;;;;;;;;;;;;;;;;;;;;;;;;;;;;;;;;;;;;;;;;;;;;;;;;;;;;;;;;;;;;;;;;;;;;;;;;;;;;;;;;;;;;;;;;;;;;;;;;;;;;;;;;;;;;;;;;;;;;;;;;;;;;;;;;;;;;;;;;;;;;;;;;;;;;;;;;;;;;;;;;;;;;;;;;;;;;;;;;;;;;;;;;;;;;;;;;;;;;;;;;;;;;;;;;;;;;;;;;;;;;;;;;;;;;;;;;;;;;;;;;;;;;;;;;;;;;;;;;;;;;;;;;;-1. The molecule has 0 saturated heterocycles. The van der Waals surface area contributed by atoms with Gasteiger partial charge in [0, 0.05) is 529 Å². The van der Waals surface area contributed by atoms with Gasteiger partial charge in [-0.2, -0.15) is 10.5 Å². The number of hydrogen-bond donors (Lipinski definition) is 2. The summed E-state index contributed by atoms with van der Waals surface area (Å²) in [6, 6.07) is 38.3. The Bertz CT molecular complexity index is 2640. The Morgan fingerprint density at radius 2 is 1.16 bits per heavy atom. The minimum atomic E-state index is -0.838. The summed E-state index contributed by atoms with van der Waals surface area (Å²) in [5.41, 5.74) is 7.62. The van der Waals surface area contributed by atoms with Gasteiger partial charge in [0.25, 0.3) is 0 Å². The number of benzene rings is 5. The molecule has 2 aliphatic heterocycles. The number of ether oxygens (including phenoxy) is 4. The second kappa shape index (κ2) is 37.1. The van der Waals surface area contributed by atoms with Crippen molar-refractivity contribution in [2.45, 2.75) is 90.8 Å². The van der Waals surface area contributed by atoms with Gasteiger partial charge in [-0.05, 0) is 121 Å². The van der Waals surface area contributed by atoms with Gasteiger partial charge in [0.1, 0.15) is 46.8 Å². The van der Waals surface area contributed by atoms with Crippen molar-refractivity contribution in [1.29, 1.82) is 10.5 Å². The molecule has 1 atom stereocenters. The molecular formula is C55H776BBrN2NaO9. The quantitative estimate of drug-likeness (QED) is 0.0526. The third-order valence-electron chi connectivity index (χ3n) is 9.89. The number of carbonyl (C=O) groups excluding carboxylic acids is 2. The van der Waals surface area contributed by atoms with Crippen LogP contribution in [0.1, 0.15) is 612 Å². The average molecular weight is 1730 g/mol. The van der Waals surface area contributed by atoms with Crippen molar-refractivity contribution in [3.8, 4) is 40.9 Å². The van der Waals surface area contributed by atoms with E-state index in [4.69, 9.17) is 39.7 Å². The summed E-state index contributed by atoms with van der Waals surface area (Å²) in [5.74, 6) is 2.85. The maximum absolute atomic E-state index is 11.8. The Morgan fingerprint density at radius 3 is 1.59 bits per heavy atom. The van der Waals surface area contributed by atoms with Gasteiger partial charge in [-0.1, -0.05) is 106 Å². The van der Waals surface area contributed by atoms with Gasteiger partial charge in [0.05, 0.1) is 49.3 Å². The van der Waals surface area contributed by atoms with Crippen LogP contribution in [-0.4, -0.2) is 67.4 Å². The first kappa shape index (κ1) is 63.2. The van der Waals surface area contributed by atoms with E-state index in [9.17, 15) is 14.4 Å². The zero-order chi connectivity index (χ0) is 49.4. The number of carbonyl (C=O) groups is 3. The van der Waals surface area contributed by atoms with Gasteiger partial charge in [0.15, 0.2) is 11.6 Å². The Kier molecular flexibility index (Phi) is 34.0. The number of carboxylic acid groups (broad SMARTS) is 1. The number of aromatic hydroxyl groups is 1. The third kappa shape index (κ3) is 24.9. The number of aliphatic carboxylic acids is 1. The second-order valence-electron chi connectivity index (χ2n) is 14.6. The molecule has 2 aliphatic rings. The zero-order valence-electron chi connectivity index (χ0n) is 41.8. The monoisotopic (exact) mass is 1730 g/mol. The van der Waals surface area contributed by atoms with Gasteiger partial charge < -0.3 is 30.6 Å². The Hall–Kier alpha value is -5.83. The van der Waals surface area contributed by atoms with Crippen LogP contribution in [0.25, 0.3) is 0 Å². The molecule has 0 amide bonds. The molecule has 0 aliphatic carbocycles. The number of halogens is 1. The Balaban J connectivity index is -0.000000000314. The van der Waals surface area contributed by atoms with E-state index in [1.807, 2.05) is 103 Å². The topological polar surface area (TPSA) is 176 Å². The van der Waals surface area contributed by atoms with Crippen LogP contribution in [0.5, 0.6) is 28.7 Å². The van der Waals surface area contributed by atoms with Crippen LogP contribution >= 0.6 is 15.9 Å². The molecule has 5 aromatic rings. The zero-order valence-corrected chi connectivity index (χ0v) is 44.4. The van der Waals surface area contributed by atoms with Gasteiger partial charge in [0.2, 0.25) is 0 Å². The van der Waals surface area contributed by atoms with Crippen LogP contribution in [0.2, 0.25) is 0 Å². The summed E-state index contributed by atoms with van der Waals surface area (Å²) < 4.78 is 21.4. The van der Waals surface area contributed by atoms with Gasteiger partial charge in [-0.15, -0.1) is 0 Å². The molecule has 3 radical (unpaired) electrons. The number of nitriles is 2. The molecule has 1 unspecified atom stereocenters. The van der Waals surface area contributed by atoms with Crippen LogP contribution in [0.15, 0.2) is 122 Å². The predicted molar refractivity (Wildman–Crippen MR) is 1030 cm³/mol. The van der Waals surface area contributed by atoms with Crippen LogP contribution in [0, 0.1) is 22.7 Å². The molecule has 69 heavy (non-hydrogen) atoms. The summed E-state index contributed by atoms with van der Waals surface area (Å²) in [6.45, 7) is 15.2. The number of hydrogen-bond acceptors (Lipinski definition) is 10. The fraction of sp³-hybridized carbons (Fsp3) is 0.327. The number of phenols is 1. The number of Topliss-reactive ketones (excluding diaryl/α,β-unsaturated/α-hetero) is 2. The van der Waals surface area contributed by atoms with Gasteiger partial charge >= 0.3 is 35.5 Å². The molecule has 7 rings (SSSR count). The fourth-order valence-corrected chi connectivity index (χ4v) is 6.28. The summed E-state index contributed by atoms with van der Waals surface area (Å²) in [7, 11) is 0. The third-order valence-corrected chi connectivity index (χ3v) is 10.6. The van der Waals surface area contributed by atoms with Crippen molar-refractivity contribution in [2.24, 2.45) is 0 Å². The van der Waals surface area contributed by atoms with E-state index in [1.54, 1.807) is 18.2 Å². The van der Waals surface area contributed by atoms with Crippen molar-refractivity contribution in [3.05, 3.63) is 161 Å². The summed E-state index contributed by atoms with van der Waals surface area (Å²) in [6.07, 6.45) is 7.13. The van der Waals surface area contributed by atoms with E-state index in [2.05, 4.69) is 57.1 Å². The number of aryl methyl sites for hydroxylation is 5. The van der Waals surface area contributed by atoms with E-state index >= 15 is 0 Å². The van der Waals surface area contributed by atoms with Crippen molar-refractivity contribution >= 4 is 41.9 Å². The molecule has 0 bridgehead atoms. The summed E-state index contributed by atoms with van der Waals surface area (Å²) >= 11 is 3.30. The number of ketones is 2. The van der Waals surface area contributed by atoms with Gasteiger partial charge in [-0.3, -0.25) is 14.4 Å². The minimum absolute atomic E-state index is 0. The largest absolute Gasteiger partial charge is 1.00 e. The van der Waals surface area contributed by atoms with E-state index < -0.39 is 5.97 Å². The van der Waals surface area contributed by atoms with E-state index in [0.29, 0.717) is 49.7 Å². The molecular weight excluding hydrogens is 946 g/mol. The molecule has 0 saturated carbocycles. The van der Waals surface area contributed by atoms with Crippen molar-refractivity contribution in [2.75, 3.05) is 26.4 Å². The number of carboxylic acids is 1. The molecule has 14 heteroatoms. The summed E-state index contributed by atoms with van der Waals surface area (Å²) in [5, 5.41) is 33.0. The summed E-state index contributed by atoms with van der Waals surface area (Å²) in [4.78, 5) is 33.2. The molecule has 2 N–H and O–H groups in total. The van der Waals surface area contributed by atoms with E-state index in [1.165, 1.54) is 33.9 Å². The molecule has 2 heterocycles. The number of allylic oxidation sites excluding steroid dienone is 1. The number of phenolic OH excluding ortho intramolecular Hbond substituents is 1. The molecule has 5 aromatic carbocycles. The number of rotatable bonds is 12. The number of alkyl halides is 1. The maximum Gasteiger partial charge on any atom is 1.00 e. The number of fused-ring (bicyclic) bond motifs is 2. The van der Waals surface area contributed by atoms with Crippen LogP contribution < -0.4 is 48.5 Å². The Labute approximate surface area is 971 Å². The SMILES string of the molecule is C=CC#N.CCc1ccc(O)cc1.CCc1ccc(OCCC#N)cc1.CCc1ccc(OCCC(=O)O)cc1.CCc1ccc2c(c1)C(=O)C(Br)CO2.CCc1ccc2c(c1)C(=O)CCO2.[B].[H-].[HH].[HH].[HH].[HH].[HH].[HH].[HH].[HH].[HH].[HH].[HH].[HH].[HH].[HH].[HH].[HH].[HH].[HH].[HH].[HH].[HH].[HH].[HH].[HH].[HH].[HH].[HH].[HH].[HH].[HH].[HH].[HH].[HH].[HH].[HH].[HH].[HH].[HH].[HH].[HH].[HH].[HH].[HH].[HH].[HH].[HH].[HH].[HH].[HH].[HH].[HH].[HH].[HH].[HH].[HH].[HH].[HH].[HH].[HH].[HH].[HH].[HH].[HH].[HH].[HH].[HH].[HH].[HH].[HH].[HH].[HH].[HH].[HH].[HH].[HH].[HH].[HH].[HH].[HH].[HH].[HH].[HH].[HH].[HH].[HH].[HH].[HH].[HH].[HH].[HH].[HH].[HH].[HH].[HH].[HH].[HH].[HH].[HH].[HH].[HH].[HH].[HH].[HH].[HH].[HH].[HH].[HH].[HH].[HH].[HH].[HH].[HH].[HH].[HH].[HH].[HH].[HH].[HH].[HH].[HH].[HH].[HH].[HH].[HH].[HH].[HH].[HH].[HH].[HH].[HH].[HH].[HH].[HH].[HH].[HH].[HH].[HH].[HH].[HH].[HH].[HH].[HH].[HH].[HH].[HH].[HH].[HH].[HH].[HH].[HH].[HH].[HH].[HH].[HH].[HH].[HH].[HH].[HH].[HH].[HH].[HH].[HH].[HH].[HH].[HH].[HH].[HH].[HH].[HH].[HH].[HH].[HH].[HH].[HH].[HH].[HH].[HH].[HH].[HH].[HH].[HH].[HH].[HH].[HH].[HH].[HH].[HH].[HH].[HH].[HH].[HH].[HH].[HH].[HH].[HH].[HH].[HH].[HH].[HH].[HH].[HH].[HH].[HH].[HH].[HH].[HH].[HH].[HH].[HH].[HH].[HH].[HH].[HH].[HH].[HH].[HH].[HH].[HH].[HH].[HH].[HH].[HH].[HH].[HH].[HH].[HH].[HH].[HH].[HH].[HH].[HH].[HH].[HH].[HH].[HH].[HH].[HH].[HH].[HH].[HH].[HH].[HH].[HH].[HH].[HH].[HH].[HH].[HH].[HH].[HH].[HH].[HH].[HH].[HH].[HH].[HH].[HH].[HH].[HH].[HH].[HH].[HH].[HH].[HH].[HH].[HH].[HH].[HH].[HH].[HH].[HH].[HH].[HH].[HH].[HH].[HH].[HH].[HH].[HH].[HH].[HH].[HH].[HH].[HH].[HH].[HH].[HH].[HH].[HH].[HH].[HH].[HH].[HH].[HH].[HH].[HH].[HH].[HH].[HH].[HH].[HH].[HH].[HH].[HH].[HH].[HH].[HH].[HH].[HH].[HH].[HH].[HH].[HH].[HH].[HH].[HH].[HH].[HH].[HH].[HH].[HH].[HH].[HH].[HH].[HH].[HH].[HH].[HH].[HH].[HH].[HH].[HH].[HH].[HH].[HH].[HH].[HH].[HH].[HH].[HH].[HH].[HH].[HH].[HH].[HH].[HH].[HH].[HH].[HH].[HH].[HH].[HH].[HH].[HH].[HH].[HH].[Na+]. The van der Waals surface area contributed by atoms with Crippen LogP contribution in [0.3, 0.4) is 0 Å². The van der Waals surface area contributed by atoms with Crippen molar-refractivity contribution in [1.82, 2.24) is 0 Å². The molecule has 1071 valence electrons. The Morgan fingerprint density at radius 1 is 0.739 bits per heavy atom. The molecule has 0 fully saturated rings. The normalized spacial score (nSPS) is 12.1. The van der Waals surface area contributed by atoms with Crippen LogP contribution in [0.4, 0.5) is 0 Å². The first-order valence-corrected chi connectivity index (χ1v) is 23.3. The molecule has 11 nitrogen and oxygen atoms in total. The molecule has 0 spiro atoms. The van der Waals surface area contributed by atoms with E-state index in [-0.39, 0.29) is 577 Å². The fourth-order valence-electron chi connectivity index (χ4n) is 5.90.